The van der Waals surface area contributed by atoms with Gasteiger partial charge in [-0.25, -0.2) is 0 Å². The molecule has 0 bridgehead atoms. The normalized spacial score (nSPS) is 9.33. The van der Waals surface area contributed by atoms with Gasteiger partial charge in [0, 0.05) is 38.6 Å². The van der Waals surface area contributed by atoms with E-state index in [4.69, 9.17) is 10.5 Å². The average molecular weight is 242 g/mol. The van der Waals surface area contributed by atoms with Crippen LogP contribution in [-0.2, 0) is 0 Å². The van der Waals surface area contributed by atoms with Crippen molar-refractivity contribution in [2.45, 2.75) is 12.8 Å². The summed E-state index contributed by atoms with van der Waals surface area (Å²) in [6.45, 7) is 1.33. The second kappa shape index (κ2) is 7.19. The van der Waals surface area contributed by atoms with Gasteiger partial charge in [0.2, 0.25) is 0 Å². The summed E-state index contributed by atoms with van der Waals surface area (Å²) in [6, 6.07) is 12.4. The number of nitriles is 2. The highest BCUT2D eigenvalue weighted by Crippen LogP contribution is 2.19. The van der Waals surface area contributed by atoms with Crippen molar-refractivity contribution >= 4 is 11.4 Å². The molecule has 0 unspecified atom stereocenters. The lowest BCUT2D eigenvalue weighted by Gasteiger charge is -2.23. The first-order valence-electron chi connectivity index (χ1n) is 5.95. The summed E-state index contributed by atoms with van der Waals surface area (Å²) in [5.41, 5.74) is 2.20. The van der Waals surface area contributed by atoms with E-state index in [1.54, 1.807) is 0 Å². The summed E-state index contributed by atoms with van der Waals surface area (Å²) < 4.78 is 0. The molecule has 1 aromatic rings. The highest BCUT2D eigenvalue weighted by Gasteiger charge is 2.06. The Bertz CT molecular complexity index is 418. The fraction of sp³-hybridized carbons (Fsp3) is 0.429. The predicted octanol–water partition coefficient (Wildman–Crippen LogP) is 2.39. The largest absolute Gasteiger partial charge is 0.378 e. The Kier molecular flexibility index (Phi) is 5.54. The van der Waals surface area contributed by atoms with Crippen LogP contribution in [0.5, 0.6) is 0 Å². The van der Waals surface area contributed by atoms with Gasteiger partial charge in [-0.1, -0.05) is 0 Å². The van der Waals surface area contributed by atoms with Crippen molar-refractivity contribution in [1.29, 1.82) is 10.5 Å². The van der Waals surface area contributed by atoms with Crippen molar-refractivity contribution in [2.75, 3.05) is 37.0 Å². The molecular weight excluding hydrogens is 224 g/mol. The number of hydrogen-bond donors (Lipinski definition) is 0. The molecule has 1 aromatic carbocycles. The zero-order valence-corrected chi connectivity index (χ0v) is 10.9. The van der Waals surface area contributed by atoms with Crippen molar-refractivity contribution in [3.05, 3.63) is 24.3 Å². The maximum atomic E-state index is 8.66. The van der Waals surface area contributed by atoms with E-state index < -0.39 is 0 Å². The lowest BCUT2D eigenvalue weighted by molar-refractivity contribution is 0.796. The second-order valence-electron chi connectivity index (χ2n) is 4.21. The second-order valence-corrected chi connectivity index (χ2v) is 4.21. The molecular formula is C14H18N4. The van der Waals surface area contributed by atoms with Gasteiger partial charge in [0.25, 0.3) is 0 Å². The Morgan fingerprint density at radius 2 is 1.33 bits per heavy atom. The van der Waals surface area contributed by atoms with E-state index in [0.29, 0.717) is 25.9 Å². The Morgan fingerprint density at radius 3 is 1.72 bits per heavy atom. The number of nitrogens with zero attached hydrogens (tertiary/aromatic N) is 4. The highest BCUT2D eigenvalue weighted by atomic mass is 15.1. The summed E-state index contributed by atoms with van der Waals surface area (Å²) in [7, 11) is 4.00. The zero-order chi connectivity index (χ0) is 13.4. The molecule has 0 fully saturated rings. The van der Waals surface area contributed by atoms with Gasteiger partial charge in [-0.05, 0) is 24.3 Å². The van der Waals surface area contributed by atoms with Crippen LogP contribution in [-0.4, -0.2) is 27.2 Å². The first kappa shape index (κ1) is 13.9. The number of rotatable bonds is 6. The van der Waals surface area contributed by atoms with Crippen LogP contribution in [0.15, 0.2) is 24.3 Å². The number of benzene rings is 1. The van der Waals surface area contributed by atoms with Crippen LogP contribution in [0.1, 0.15) is 12.8 Å². The Labute approximate surface area is 109 Å². The molecule has 4 nitrogen and oxygen atoms in total. The molecule has 0 N–H and O–H groups in total. The van der Waals surface area contributed by atoms with Gasteiger partial charge in [-0.2, -0.15) is 10.5 Å². The van der Waals surface area contributed by atoms with Crippen molar-refractivity contribution in [3.8, 4) is 12.1 Å². The minimum Gasteiger partial charge on any atom is -0.378 e. The molecule has 4 heteroatoms. The molecule has 0 aliphatic carbocycles. The van der Waals surface area contributed by atoms with E-state index in [-0.39, 0.29) is 0 Å². The molecule has 0 saturated heterocycles. The van der Waals surface area contributed by atoms with E-state index >= 15 is 0 Å². The van der Waals surface area contributed by atoms with Crippen molar-refractivity contribution in [1.82, 2.24) is 0 Å². The smallest absolute Gasteiger partial charge is 0.0640 e. The van der Waals surface area contributed by atoms with Crippen molar-refractivity contribution in [2.24, 2.45) is 0 Å². The monoisotopic (exact) mass is 242 g/mol. The van der Waals surface area contributed by atoms with Gasteiger partial charge < -0.3 is 9.80 Å². The quantitative estimate of drug-likeness (QED) is 0.768. The maximum Gasteiger partial charge on any atom is 0.0640 e. The molecule has 0 aliphatic heterocycles. The van der Waals surface area contributed by atoms with Gasteiger partial charge in [0.05, 0.1) is 25.0 Å². The van der Waals surface area contributed by atoms with E-state index in [0.717, 1.165) is 11.4 Å². The standard InChI is InChI=1S/C14H18N4/c1-17(2)13-5-7-14(8-6-13)18(11-3-9-15)12-4-10-16/h5-8H,3-4,11-12H2,1-2H3. The first-order chi connectivity index (χ1) is 8.69. The topological polar surface area (TPSA) is 54.1 Å². The molecule has 0 spiro atoms. The Morgan fingerprint density at radius 1 is 0.889 bits per heavy atom. The van der Waals surface area contributed by atoms with Crippen molar-refractivity contribution < 1.29 is 0 Å². The van der Waals surface area contributed by atoms with Crippen LogP contribution >= 0.6 is 0 Å². The van der Waals surface area contributed by atoms with Crippen molar-refractivity contribution in [3.63, 3.8) is 0 Å². The van der Waals surface area contributed by atoms with Gasteiger partial charge in [0.15, 0.2) is 0 Å². The lowest BCUT2D eigenvalue weighted by atomic mass is 10.2. The van der Waals surface area contributed by atoms with Gasteiger partial charge >= 0.3 is 0 Å². The van der Waals surface area contributed by atoms with Crippen LogP contribution < -0.4 is 9.80 Å². The lowest BCUT2D eigenvalue weighted by Crippen LogP contribution is -2.25. The highest BCUT2D eigenvalue weighted by molar-refractivity contribution is 5.55. The van der Waals surface area contributed by atoms with E-state index in [9.17, 15) is 0 Å². The summed E-state index contributed by atoms with van der Waals surface area (Å²) in [5, 5.41) is 17.3. The molecule has 18 heavy (non-hydrogen) atoms. The van der Waals surface area contributed by atoms with Crippen LogP contribution in [0.3, 0.4) is 0 Å². The molecule has 0 radical (unpaired) electrons. The molecule has 0 aromatic heterocycles. The molecule has 0 atom stereocenters. The Balaban J connectivity index is 2.78. The van der Waals surface area contributed by atoms with Crippen LogP contribution in [0, 0.1) is 22.7 Å². The minimum absolute atomic E-state index is 0.473. The minimum atomic E-state index is 0.473. The van der Waals surface area contributed by atoms with Gasteiger partial charge in [0.1, 0.15) is 0 Å². The molecule has 0 aliphatic rings. The Hall–Kier alpha value is -2.20. The summed E-state index contributed by atoms with van der Waals surface area (Å²) in [4.78, 5) is 4.12. The predicted molar refractivity (Wildman–Crippen MR) is 73.4 cm³/mol. The van der Waals surface area contributed by atoms with E-state index in [1.807, 2.05) is 43.3 Å². The fourth-order valence-electron chi connectivity index (χ4n) is 1.70. The number of hydrogen-bond acceptors (Lipinski definition) is 4. The molecule has 0 amide bonds. The first-order valence-corrected chi connectivity index (χ1v) is 5.95. The molecule has 0 saturated carbocycles. The molecule has 0 heterocycles. The third-order valence-electron chi connectivity index (χ3n) is 2.72. The molecule has 94 valence electrons. The third kappa shape index (κ3) is 3.99. The maximum absolute atomic E-state index is 8.66. The summed E-state index contributed by atoms with van der Waals surface area (Å²) in [5.74, 6) is 0. The molecule has 1 rings (SSSR count). The van der Waals surface area contributed by atoms with Crippen LogP contribution in [0.25, 0.3) is 0 Å². The third-order valence-corrected chi connectivity index (χ3v) is 2.72. The summed E-state index contributed by atoms with van der Waals surface area (Å²) in [6.07, 6.45) is 0.946. The van der Waals surface area contributed by atoms with Gasteiger partial charge in [-0.15, -0.1) is 0 Å². The van der Waals surface area contributed by atoms with Gasteiger partial charge in [-0.3, -0.25) is 0 Å². The van der Waals surface area contributed by atoms with E-state index in [1.165, 1.54) is 0 Å². The zero-order valence-electron chi connectivity index (χ0n) is 10.9. The van der Waals surface area contributed by atoms with Crippen LogP contribution in [0.2, 0.25) is 0 Å². The van der Waals surface area contributed by atoms with E-state index in [2.05, 4.69) is 17.0 Å². The van der Waals surface area contributed by atoms with Crippen LogP contribution in [0.4, 0.5) is 11.4 Å². The fourth-order valence-corrected chi connectivity index (χ4v) is 1.70. The average Bonchev–Trinajstić information content (AvgIpc) is 2.39. The summed E-state index contributed by atoms with van der Waals surface area (Å²) >= 11 is 0. The number of anilines is 2. The SMILES string of the molecule is CN(C)c1ccc(N(CCC#N)CCC#N)cc1.